The Morgan fingerprint density at radius 3 is 1.89 bits per heavy atom. The molecule has 0 aliphatic carbocycles. The first-order valence-corrected chi connectivity index (χ1v) is 8.14. The molecule has 0 aromatic carbocycles. The van der Waals surface area contributed by atoms with E-state index in [-0.39, 0.29) is 0 Å². The van der Waals surface area contributed by atoms with Gasteiger partial charge in [0.05, 0.1) is 0 Å². The van der Waals surface area contributed by atoms with E-state index in [2.05, 4.69) is 26.0 Å². The van der Waals surface area contributed by atoms with E-state index in [4.69, 9.17) is 4.74 Å². The summed E-state index contributed by atoms with van der Waals surface area (Å²) in [5.74, 6) is 0. The molecule has 0 aliphatic rings. The zero-order valence-corrected chi connectivity index (χ0v) is 12.8. The smallest absolute Gasteiger partial charge is 0.0466 e. The van der Waals surface area contributed by atoms with Crippen LogP contribution in [-0.2, 0) is 4.74 Å². The first-order valence-electron chi connectivity index (χ1n) is 8.14. The zero-order valence-electron chi connectivity index (χ0n) is 12.8. The number of hydrogen-bond acceptors (Lipinski definition) is 1. The van der Waals surface area contributed by atoms with E-state index in [0.29, 0.717) is 0 Å². The maximum Gasteiger partial charge on any atom is 0.0466 e. The van der Waals surface area contributed by atoms with Gasteiger partial charge in [-0.25, -0.2) is 0 Å². The van der Waals surface area contributed by atoms with Crippen molar-refractivity contribution in [2.45, 2.75) is 84.5 Å². The average Bonchev–Trinajstić information content (AvgIpc) is 2.39. The molecule has 0 radical (unpaired) electrons. The number of rotatable bonds is 14. The summed E-state index contributed by atoms with van der Waals surface area (Å²) < 4.78 is 5.55. The number of ether oxygens (including phenoxy) is 1. The highest BCUT2D eigenvalue weighted by atomic mass is 16.5. The van der Waals surface area contributed by atoms with Crippen LogP contribution in [-0.4, -0.2) is 13.2 Å². The summed E-state index contributed by atoms with van der Waals surface area (Å²) in [7, 11) is 0. The molecule has 0 saturated heterocycles. The van der Waals surface area contributed by atoms with Crippen molar-refractivity contribution in [3.05, 3.63) is 12.2 Å². The molecule has 0 aromatic rings. The number of allylic oxidation sites excluding steroid dienone is 2. The van der Waals surface area contributed by atoms with Crippen molar-refractivity contribution < 1.29 is 4.74 Å². The van der Waals surface area contributed by atoms with Gasteiger partial charge in [0.1, 0.15) is 0 Å². The molecule has 0 amide bonds. The van der Waals surface area contributed by atoms with E-state index < -0.39 is 0 Å². The van der Waals surface area contributed by atoms with Crippen LogP contribution >= 0.6 is 0 Å². The molecule has 0 rings (SSSR count). The molecular formula is C17H34O. The van der Waals surface area contributed by atoms with Crippen molar-refractivity contribution >= 4 is 0 Å². The lowest BCUT2D eigenvalue weighted by molar-refractivity contribution is 0.127. The highest BCUT2D eigenvalue weighted by molar-refractivity contribution is 4.81. The summed E-state index contributed by atoms with van der Waals surface area (Å²) in [5.41, 5.74) is 0. The zero-order chi connectivity index (χ0) is 13.3. The normalized spacial score (nSPS) is 11.4. The molecule has 0 spiro atoms. The molecule has 18 heavy (non-hydrogen) atoms. The summed E-state index contributed by atoms with van der Waals surface area (Å²) in [6.07, 6.45) is 19.1. The van der Waals surface area contributed by atoms with Gasteiger partial charge in [0, 0.05) is 13.2 Å². The van der Waals surface area contributed by atoms with Crippen LogP contribution in [0.2, 0.25) is 0 Å². The third kappa shape index (κ3) is 15.7. The second kappa shape index (κ2) is 16.7. The summed E-state index contributed by atoms with van der Waals surface area (Å²) in [6.45, 7) is 6.38. The summed E-state index contributed by atoms with van der Waals surface area (Å²) in [4.78, 5) is 0. The molecule has 0 aliphatic heterocycles. The third-order valence-corrected chi connectivity index (χ3v) is 3.19. The van der Waals surface area contributed by atoms with E-state index in [1.807, 2.05) is 0 Å². The minimum atomic E-state index is 0.957. The molecule has 0 N–H and O–H groups in total. The molecule has 0 unspecified atom stereocenters. The van der Waals surface area contributed by atoms with Crippen LogP contribution in [0.3, 0.4) is 0 Å². The van der Waals surface area contributed by atoms with Gasteiger partial charge < -0.3 is 4.74 Å². The Hall–Kier alpha value is -0.300. The minimum Gasteiger partial charge on any atom is -0.381 e. The topological polar surface area (TPSA) is 9.23 Å². The lowest BCUT2D eigenvalue weighted by Crippen LogP contribution is -1.96. The Kier molecular flexibility index (Phi) is 16.4. The van der Waals surface area contributed by atoms with Crippen molar-refractivity contribution in [2.75, 3.05) is 13.2 Å². The van der Waals surface area contributed by atoms with Crippen LogP contribution in [0.4, 0.5) is 0 Å². The van der Waals surface area contributed by atoms with Crippen LogP contribution in [0.25, 0.3) is 0 Å². The van der Waals surface area contributed by atoms with Gasteiger partial charge in [-0.3, -0.25) is 0 Å². The molecule has 0 heterocycles. The van der Waals surface area contributed by atoms with E-state index in [9.17, 15) is 0 Å². The predicted octanol–water partition coefficient (Wildman–Crippen LogP) is 5.89. The lowest BCUT2D eigenvalue weighted by Gasteiger charge is -2.03. The molecule has 0 atom stereocenters. The van der Waals surface area contributed by atoms with Crippen LogP contribution in [0, 0.1) is 0 Å². The van der Waals surface area contributed by atoms with Gasteiger partial charge in [0.25, 0.3) is 0 Å². The van der Waals surface area contributed by atoms with Crippen LogP contribution in [0.1, 0.15) is 84.5 Å². The Bertz CT molecular complexity index is 163. The van der Waals surface area contributed by atoms with E-state index >= 15 is 0 Å². The Balaban J connectivity index is 2.96. The maximum absolute atomic E-state index is 5.55. The fourth-order valence-electron chi connectivity index (χ4n) is 1.90. The minimum absolute atomic E-state index is 0.957. The second-order valence-electron chi connectivity index (χ2n) is 5.14. The van der Waals surface area contributed by atoms with Gasteiger partial charge in [-0.15, -0.1) is 0 Å². The Morgan fingerprint density at radius 1 is 0.611 bits per heavy atom. The van der Waals surface area contributed by atoms with Crippen molar-refractivity contribution in [1.82, 2.24) is 0 Å². The van der Waals surface area contributed by atoms with Gasteiger partial charge in [-0.2, -0.15) is 0 Å². The van der Waals surface area contributed by atoms with Crippen LogP contribution in [0.5, 0.6) is 0 Å². The SMILES string of the molecule is CCCCC=CCCCCCCCOCCCC. The fourth-order valence-corrected chi connectivity index (χ4v) is 1.90. The summed E-state index contributed by atoms with van der Waals surface area (Å²) >= 11 is 0. The summed E-state index contributed by atoms with van der Waals surface area (Å²) in [5, 5.41) is 0. The standard InChI is InChI=1S/C17H34O/c1-3-5-7-8-9-10-11-12-13-14-15-17-18-16-6-4-2/h8-9H,3-7,10-17H2,1-2H3. The van der Waals surface area contributed by atoms with E-state index in [0.717, 1.165) is 13.2 Å². The van der Waals surface area contributed by atoms with Crippen molar-refractivity contribution in [3.63, 3.8) is 0 Å². The van der Waals surface area contributed by atoms with Gasteiger partial charge >= 0.3 is 0 Å². The second-order valence-corrected chi connectivity index (χ2v) is 5.14. The number of unbranched alkanes of at least 4 members (excludes halogenated alkanes) is 8. The molecule has 0 fully saturated rings. The summed E-state index contributed by atoms with van der Waals surface area (Å²) in [6, 6.07) is 0. The highest BCUT2D eigenvalue weighted by Crippen LogP contribution is 2.07. The van der Waals surface area contributed by atoms with Gasteiger partial charge in [-0.1, -0.05) is 64.5 Å². The Labute approximate surface area is 115 Å². The fraction of sp³-hybridized carbons (Fsp3) is 0.882. The number of hydrogen-bond donors (Lipinski definition) is 0. The monoisotopic (exact) mass is 254 g/mol. The van der Waals surface area contributed by atoms with Crippen LogP contribution in [0.15, 0.2) is 12.2 Å². The van der Waals surface area contributed by atoms with Gasteiger partial charge in [-0.05, 0) is 32.1 Å². The molecule has 0 aromatic heterocycles. The molecule has 0 bridgehead atoms. The van der Waals surface area contributed by atoms with Crippen molar-refractivity contribution in [1.29, 1.82) is 0 Å². The van der Waals surface area contributed by atoms with Crippen LogP contribution < -0.4 is 0 Å². The third-order valence-electron chi connectivity index (χ3n) is 3.19. The highest BCUT2D eigenvalue weighted by Gasteiger charge is 1.91. The Morgan fingerprint density at radius 2 is 1.17 bits per heavy atom. The maximum atomic E-state index is 5.55. The van der Waals surface area contributed by atoms with Gasteiger partial charge in [0.15, 0.2) is 0 Å². The molecular weight excluding hydrogens is 220 g/mol. The molecule has 108 valence electrons. The quantitative estimate of drug-likeness (QED) is 0.277. The molecule has 0 saturated carbocycles. The first-order chi connectivity index (χ1) is 8.91. The molecule has 1 nitrogen and oxygen atoms in total. The lowest BCUT2D eigenvalue weighted by atomic mass is 10.1. The largest absolute Gasteiger partial charge is 0.381 e. The van der Waals surface area contributed by atoms with E-state index in [1.54, 1.807) is 0 Å². The predicted molar refractivity (Wildman–Crippen MR) is 82.1 cm³/mol. The van der Waals surface area contributed by atoms with E-state index in [1.165, 1.54) is 70.6 Å². The van der Waals surface area contributed by atoms with Gasteiger partial charge in [0.2, 0.25) is 0 Å². The average molecular weight is 254 g/mol. The molecule has 1 heteroatoms. The van der Waals surface area contributed by atoms with Crippen molar-refractivity contribution in [3.8, 4) is 0 Å². The van der Waals surface area contributed by atoms with Crippen molar-refractivity contribution in [2.24, 2.45) is 0 Å². The first kappa shape index (κ1) is 17.7.